The highest BCUT2D eigenvalue weighted by atomic mass is 31.1. The lowest BCUT2D eigenvalue weighted by molar-refractivity contribution is 0.446. The summed E-state index contributed by atoms with van der Waals surface area (Å²) in [6.45, 7) is 8.75. The van der Waals surface area contributed by atoms with Gasteiger partial charge in [-0.25, -0.2) is 0 Å². The van der Waals surface area contributed by atoms with Crippen molar-refractivity contribution in [1.82, 2.24) is 0 Å². The second kappa shape index (κ2) is 7.64. The van der Waals surface area contributed by atoms with Gasteiger partial charge < -0.3 is 5.11 Å². The third kappa shape index (κ3) is 4.00. The van der Waals surface area contributed by atoms with E-state index in [0.717, 1.165) is 5.56 Å². The van der Waals surface area contributed by atoms with Crippen LogP contribution in [-0.4, -0.2) is 5.11 Å². The Morgan fingerprint density at radius 1 is 0.769 bits per heavy atom. The number of hydrogen-bond acceptors (Lipinski definition) is 1. The van der Waals surface area contributed by atoms with Crippen LogP contribution in [0.3, 0.4) is 0 Å². The van der Waals surface area contributed by atoms with Crippen LogP contribution in [0.5, 0.6) is 5.75 Å². The van der Waals surface area contributed by atoms with Crippen molar-refractivity contribution < 1.29 is 5.11 Å². The molecule has 1 unspecified atom stereocenters. The van der Waals surface area contributed by atoms with Crippen LogP contribution in [0.2, 0.25) is 0 Å². The molecule has 0 amide bonds. The van der Waals surface area contributed by atoms with Crippen LogP contribution in [0.1, 0.15) is 44.5 Å². The second-order valence-electron chi connectivity index (χ2n) is 7.74. The van der Waals surface area contributed by atoms with E-state index >= 15 is 0 Å². The van der Waals surface area contributed by atoms with E-state index in [4.69, 9.17) is 0 Å². The molecule has 3 rings (SSSR count). The standard InChI is InChI=1S/C24H27OP/c1-18(19-15-16-23(25)22(17-19)24(2,3)4)26(20-11-7-5-8-12-20)21-13-9-6-10-14-21/h5-18,25H,1-4H3. The first-order chi connectivity index (χ1) is 12.4. The Bertz CT molecular complexity index is 811. The molecule has 0 fully saturated rings. The maximum Gasteiger partial charge on any atom is 0.119 e. The summed E-state index contributed by atoms with van der Waals surface area (Å²) in [6.07, 6.45) is 0. The number of hydrogen-bond donors (Lipinski definition) is 1. The Kier molecular flexibility index (Phi) is 5.49. The Morgan fingerprint density at radius 3 is 1.73 bits per heavy atom. The van der Waals surface area contributed by atoms with Gasteiger partial charge >= 0.3 is 0 Å². The van der Waals surface area contributed by atoms with Crippen molar-refractivity contribution in [2.45, 2.75) is 38.8 Å². The fourth-order valence-electron chi connectivity index (χ4n) is 3.34. The van der Waals surface area contributed by atoms with Crippen molar-refractivity contribution in [2.75, 3.05) is 0 Å². The fourth-order valence-corrected chi connectivity index (χ4v) is 5.97. The van der Waals surface area contributed by atoms with Gasteiger partial charge in [0.15, 0.2) is 0 Å². The van der Waals surface area contributed by atoms with Gasteiger partial charge in [0, 0.05) is 5.66 Å². The molecule has 1 nitrogen and oxygen atoms in total. The molecule has 0 aromatic heterocycles. The predicted octanol–water partition coefficient (Wildman–Crippen LogP) is 5.88. The molecule has 0 saturated carbocycles. The molecule has 3 aromatic rings. The van der Waals surface area contributed by atoms with Gasteiger partial charge in [-0.15, -0.1) is 0 Å². The predicted molar refractivity (Wildman–Crippen MR) is 114 cm³/mol. The molecule has 0 spiro atoms. The average Bonchev–Trinajstić information content (AvgIpc) is 2.63. The number of phenolic OH excluding ortho intramolecular Hbond substituents is 1. The van der Waals surface area contributed by atoms with Gasteiger partial charge in [0.1, 0.15) is 5.75 Å². The number of benzene rings is 3. The van der Waals surface area contributed by atoms with E-state index < -0.39 is 7.92 Å². The molecule has 0 bridgehead atoms. The third-order valence-corrected chi connectivity index (χ3v) is 7.55. The molecular weight excluding hydrogens is 335 g/mol. The normalized spacial score (nSPS) is 13.0. The van der Waals surface area contributed by atoms with Gasteiger partial charge in [-0.2, -0.15) is 0 Å². The summed E-state index contributed by atoms with van der Waals surface area (Å²) in [5.41, 5.74) is 2.57. The Hall–Kier alpha value is -2.11. The minimum atomic E-state index is -0.528. The molecule has 0 aliphatic carbocycles. The number of phenols is 1. The van der Waals surface area contributed by atoms with Crippen LogP contribution in [-0.2, 0) is 5.41 Å². The molecule has 134 valence electrons. The van der Waals surface area contributed by atoms with Gasteiger partial charge in [0.2, 0.25) is 0 Å². The van der Waals surface area contributed by atoms with E-state index in [1.807, 2.05) is 6.07 Å². The van der Waals surface area contributed by atoms with Crippen LogP contribution in [0.25, 0.3) is 0 Å². The molecule has 0 saturated heterocycles. The molecular formula is C24H27OP. The van der Waals surface area contributed by atoms with E-state index in [2.05, 4.69) is 100 Å². The molecule has 0 radical (unpaired) electrons. The molecule has 1 atom stereocenters. The highest BCUT2D eigenvalue weighted by Crippen LogP contribution is 2.50. The van der Waals surface area contributed by atoms with Crippen molar-refractivity contribution in [3.63, 3.8) is 0 Å². The van der Waals surface area contributed by atoms with Crippen molar-refractivity contribution >= 4 is 18.5 Å². The van der Waals surface area contributed by atoms with Gasteiger partial charge in [-0.3, -0.25) is 0 Å². The largest absolute Gasteiger partial charge is 0.508 e. The monoisotopic (exact) mass is 362 g/mol. The number of aromatic hydroxyl groups is 1. The van der Waals surface area contributed by atoms with Crippen LogP contribution in [0, 0.1) is 0 Å². The second-order valence-corrected chi connectivity index (χ2v) is 10.3. The zero-order valence-electron chi connectivity index (χ0n) is 16.0. The lowest BCUT2D eigenvalue weighted by Crippen LogP contribution is -2.17. The van der Waals surface area contributed by atoms with Crippen LogP contribution in [0.15, 0.2) is 78.9 Å². The fraction of sp³-hybridized carbons (Fsp3) is 0.250. The Balaban J connectivity index is 2.08. The molecule has 2 heteroatoms. The van der Waals surface area contributed by atoms with Crippen molar-refractivity contribution in [3.8, 4) is 5.75 Å². The summed E-state index contributed by atoms with van der Waals surface area (Å²) in [7, 11) is -0.528. The van der Waals surface area contributed by atoms with E-state index in [-0.39, 0.29) is 5.41 Å². The molecule has 1 N–H and O–H groups in total. The zero-order chi connectivity index (χ0) is 18.7. The van der Waals surface area contributed by atoms with Crippen molar-refractivity contribution in [3.05, 3.63) is 90.0 Å². The zero-order valence-corrected chi connectivity index (χ0v) is 16.9. The first kappa shape index (κ1) is 18.7. The van der Waals surface area contributed by atoms with Crippen LogP contribution in [0.4, 0.5) is 0 Å². The maximum absolute atomic E-state index is 10.3. The maximum atomic E-state index is 10.3. The topological polar surface area (TPSA) is 20.2 Å². The lowest BCUT2D eigenvalue weighted by atomic mass is 9.85. The van der Waals surface area contributed by atoms with E-state index in [1.54, 1.807) is 0 Å². The Labute approximate surface area is 158 Å². The highest BCUT2D eigenvalue weighted by molar-refractivity contribution is 7.73. The average molecular weight is 362 g/mol. The van der Waals surface area contributed by atoms with Gasteiger partial charge in [0.25, 0.3) is 0 Å². The van der Waals surface area contributed by atoms with E-state index in [0.29, 0.717) is 11.4 Å². The van der Waals surface area contributed by atoms with E-state index in [9.17, 15) is 5.11 Å². The van der Waals surface area contributed by atoms with Gasteiger partial charge in [-0.1, -0.05) is 100 Å². The molecule has 26 heavy (non-hydrogen) atoms. The quantitative estimate of drug-likeness (QED) is 0.574. The van der Waals surface area contributed by atoms with Gasteiger partial charge in [-0.05, 0) is 41.1 Å². The summed E-state index contributed by atoms with van der Waals surface area (Å²) in [5.74, 6) is 0.386. The molecule has 0 aliphatic rings. The highest BCUT2D eigenvalue weighted by Gasteiger charge is 2.25. The Morgan fingerprint density at radius 2 is 1.27 bits per heavy atom. The molecule has 3 aromatic carbocycles. The molecule has 0 aliphatic heterocycles. The van der Waals surface area contributed by atoms with Gasteiger partial charge in [0.05, 0.1) is 0 Å². The first-order valence-corrected chi connectivity index (χ1v) is 10.5. The number of rotatable bonds is 4. The van der Waals surface area contributed by atoms with Crippen LogP contribution >= 0.6 is 7.92 Å². The SMILES string of the molecule is CC(c1ccc(O)c(C(C)(C)C)c1)P(c1ccccc1)c1ccccc1. The lowest BCUT2D eigenvalue weighted by Gasteiger charge is -2.28. The van der Waals surface area contributed by atoms with Crippen molar-refractivity contribution in [1.29, 1.82) is 0 Å². The smallest absolute Gasteiger partial charge is 0.119 e. The first-order valence-electron chi connectivity index (χ1n) is 9.10. The summed E-state index contributed by atoms with van der Waals surface area (Å²) < 4.78 is 0. The minimum Gasteiger partial charge on any atom is -0.508 e. The van der Waals surface area contributed by atoms with Crippen molar-refractivity contribution in [2.24, 2.45) is 0 Å². The summed E-state index contributed by atoms with van der Waals surface area (Å²) in [5, 5.41) is 13.1. The summed E-state index contributed by atoms with van der Waals surface area (Å²) >= 11 is 0. The molecule has 0 heterocycles. The minimum absolute atomic E-state index is 0.0813. The van der Waals surface area contributed by atoms with E-state index in [1.165, 1.54) is 16.2 Å². The van der Waals surface area contributed by atoms with Crippen LogP contribution < -0.4 is 10.6 Å². The summed E-state index contributed by atoms with van der Waals surface area (Å²) in [6, 6.07) is 27.7. The summed E-state index contributed by atoms with van der Waals surface area (Å²) in [4.78, 5) is 0. The third-order valence-electron chi connectivity index (χ3n) is 4.77.